The third-order valence-corrected chi connectivity index (χ3v) is 7.44. The normalized spacial score (nSPS) is 12.8. The van der Waals surface area contributed by atoms with Crippen LogP contribution >= 0.6 is 12.2 Å². The lowest BCUT2D eigenvalue weighted by Gasteiger charge is -2.12. The Morgan fingerprint density at radius 1 is 0.811 bits per heavy atom. The largest absolute Gasteiger partial charge is 0.497 e. The van der Waals surface area contributed by atoms with Gasteiger partial charge in [0.15, 0.2) is 0 Å². The SMILES string of the molecule is COc1ccc(NC(=S)c2c(-c3ccccc3)c3c4n(c(-c5ccc(OC)cc5)cn24)CCCC3)cc1. The molecule has 0 atom stereocenters. The third kappa shape index (κ3) is 4.17. The van der Waals surface area contributed by atoms with E-state index in [9.17, 15) is 0 Å². The highest BCUT2D eigenvalue weighted by molar-refractivity contribution is 7.81. The predicted octanol–water partition coefficient (Wildman–Crippen LogP) is 7.22. The summed E-state index contributed by atoms with van der Waals surface area (Å²) in [7, 11) is 3.37. The summed E-state index contributed by atoms with van der Waals surface area (Å²) in [5, 5.41) is 3.50. The van der Waals surface area contributed by atoms with Gasteiger partial charge in [0.25, 0.3) is 0 Å². The molecule has 0 bridgehead atoms. The van der Waals surface area contributed by atoms with E-state index in [1.54, 1.807) is 14.2 Å². The highest BCUT2D eigenvalue weighted by Gasteiger charge is 2.28. The first-order valence-corrected chi connectivity index (χ1v) is 13.0. The number of ether oxygens (including phenoxy) is 2. The van der Waals surface area contributed by atoms with Crippen LogP contribution < -0.4 is 14.8 Å². The average Bonchev–Trinajstić information content (AvgIpc) is 3.37. The number of aryl methyl sites for hydroxylation is 2. The molecule has 0 unspecified atom stereocenters. The van der Waals surface area contributed by atoms with Gasteiger partial charge in [0.1, 0.15) is 22.1 Å². The van der Waals surface area contributed by atoms with Crippen molar-refractivity contribution in [2.24, 2.45) is 0 Å². The lowest BCUT2D eigenvalue weighted by Crippen LogP contribution is -2.14. The number of nitrogens with one attached hydrogen (secondary N) is 1. The second kappa shape index (κ2) is 9.79. The second-order valence-corrected chi connectivity index (χ2v) is 9.70. The highest BCUT2D eigenvalue weighted by atomic mass is 32.1. The van der Waals surface area contributed by atoms with Gasteiger partial charge in [0.2, 0.25) is 0 Å². The molecule has 1 aliphatic heterocycles. The predicted molar refractivity (Wildman–Crippen MR) is 154 cm³/mol. The average molecular weight is 508 g/mol. The van der Waals surface area contributed by atoms with Gasteiger partial charge in [-0.25, -0.2) is 0 Å². The fourth-order valence-electron chi connectivity index (χ4n) is 5.38. The summed E-state index contributed by atoms with van der Waals surface area (Å²) >= 11 is 6.11. The maximum Gasteiger partial charge on any atom is 0.128 e. The van der Waals surface area contributed by atoms with Gasteiger partial charge in [0.05, 0.1) is 25.6 Å². The van der Waals surface area contributed by atoms with Gasteiger partial charge in [-0.05, 0) is 78.9 Å². The molecular weight excluding hydrogens is 478 g/mol. The van der Waals surface area contributed by atoms with Crippen LogP contribution in [0.1, 0.15) is 24.1 Å². The summed E-state index contributed by atoms with van der Waals surface area (Å²) in [4.78, 5) is 0.698. The van der Waals surface area contributed by atoms with E-state index in [1.165, 1.54) is 33.6 Å². The molecule has 0 radical (unpaired) electrons. The number of hydrogen-bond donors (Lipinski definition) is 1. The quantitative estimate of drug-likeness (QED) is 0.246. The summed E-state index contributed by atoms with van der Waals surface area (Å²) in [6.07, 6.45) is 5.54. The van der Waals surface area contributed by atoms with Crippen LogP contribution in [-0.4, -0.2) is 28.2 Å². The molecule has 1 aliphatic rings. The van der Waals surface area contributed by atoms with E-state index >= 15 is 0 Å². The Bertz CT molecular complexity index is 1570. The first-order valence-electron chi connectivity index (χ1n) is 12.6. The van der Waals surface area contributed by atoms with Gasteiger partial charge in [-0.1, -0.05) is 42.5 Å². The fraction of sp³-hybridized carbons (Fsp3) is 0.194. The van der Waals surface area contributed by atoms with Crippen molar-refractivity contribution in [1.82, 2.24) is 8.97 Å². The van der Waals surface area contributed by atoms with Crippen molar-refractivity contribution in [1.29, 1.82) is 0 Å². The molecule has 6 heteroatoms. The maximum absolute atomic E-state index is 6.11. The molecule has 6 rings (SSSR count). The van der Waals surface area contributed by atoms with E-state index in [0.29, 0.717) is 4.99 Å². The molecular formula is C31H29N3O2S. The van der Waals surface area contributed by atoms with E-state index in [0.717, 1.165) is 48.7 Å². The van der Waals surface area contributed by atoms with Crippen molar-refractivity contribution >= 4 is 28.5 Å². The smallest absolute Gasteiger partial charge is 0.128 e. The minimum atomic E-state index is 0.698. The summed E-state index contributed by atoms with van der Waals surface area (Å²) in [5.74, 6) is 1.67. The molecule has 0 aliphatic carbocycles. The lowest BCUT2D eigenvalue weighted by atomic mass is 9.98. The van der Waals surface area contributed by atoms with Crippen LogP contribution in [0.5, 0.6) is 11.5 Å². The Kier molecular flexibility index (Phi) is 6.18. The zero-order chi connectivity index (χ0) is 25.4. The molecule has 3 aromatic carbocycles. The van der Waals surface area contributed by atoms with Gasteiger partial charge in [-0.3, -0.25) is 4.40 Å². The zero-order valence-corrected chi connectivity index (χ0v) is 21.8. The Hall–Kier alpha value is -4.03. The number of anilines is 1. The van der Waals surface area contributed by atoms with Crippen LogP contribution in [0.2, 0.25) is 0 Å². The number of thiocarbonyl (C=S) groups is 1. The van der Waals surface area contributed by atoms with Gasteiger partial charge in [-0.2, -0.15) is 0 Å². The molecule has 0 amide bonds. The molecule has 37 heavy (non-hydrogen) atoms. The molecule has 2 aromatic heterocycles. The molecule has 0 saturated heterocycles. The van der Waals surface area contributed by atoms with Gasteiger partial charge < -0.3 is 19.4 Å². The Balaban J connectivity index is 1.55. The van der Waals surface area contributed by atoms with Crippen molar-refractivity contribution in [3.05, 3.63) is 96.3 Å². The van der Waals surface area contributed by atoms with Crippen LogP contribution in [0.3, 0.4) is 0 Å². The van der Waals surface area contributed by atoms with Crippen molar-refractivity contribution in [2.75, 3.05) is 19.5 Å². The summed E-state index contributed by atoms with van der Waals surface area (Å²) < 4.78 is 15.5. The zero-order valence-electron chi connectivity index (χ0n) is 21.0. The first-order chi connectivity index (χ1) is 18.2. The van der Waals surface area contributed by atoms with Crippen LogP contribution in [-0.2, 0) is 13.0 Å². The Labute approximate surface area is 222 Å². The number of benzene rings is 3. The fourth-order valence-corrected chi connectivity index (χ4v) is 5.70. The maximum atomic E-state index is 6.11. The lowest BCUT2D eigenvalue weighted by molar-refractivity contribution is 0.415. The Morgan fingerprint density at radius 3 is 2.16 bits per heavy atom. The third-order valence-electron chi connectivity index (χ3n) is 7.15. The minimum absolute atomic E-state index is 0.698. The Morgan fingerprint density at radius 2 is 1.49 bits per heavy atom. The first kappa shape index (κ1) is 23.4. The van der Waals surface area contributed by atoms with Crippen LogP contribution in [0.15, 0.2) is 85.1 Å². The molecule has 5 nitrogen and oxygen atoms in total. The van der Waals surface area contributed by atoms with Gasteiger partial charge in [0, 0.05) is 29.6 Å². The van der Waals surface area contributed by atoms with Crippen molar-refractivity contribution < 1.29 is 9.47 Å². The molecule has 0 saturated carbocycles. The minimum Gasteiger partial charge on any atom is -0.497 e. The molecule has 1 N–H and O–H groups in total. The highest BCUT2D eigenvalue weighted by Crippen LogP contribution is 2.40. The number of imidazole rings is 1. The van der Waals surface area contributed by atoms with E-state index in [2.05, 4.69) is 62.9 Å². The summed E-state index contributed by atoms with van der Waals surface area (Å²) in [5.41, 5.74) is 9.31. The molecule has 0 fully saturated rings. The van der Waals surface area contributed by atoms with Crippen molar-refractivity contribution in [3.63, 3.8) is 0 Å². The summed E-state index contributed by atoms with van der Waals surface area (Å²) in [6, 6.07) is 26.8. The van der Waals surface area contributed by atoms with Crippen LogP contribution in [0.25, 0.3) is 28.0 Å². The molecule has 3 heterocycles. The van der Waals surface area contributed by atoms with Crippen LogP contribution in [0, 0.1) is 0 Å². The van der Waals surface area contributed by atoms with Crippen molar-refractivity contribution in [3.8, 4) is 33.9 Å². The van der Waals surface area contributed by atoms with E-state index in [4.69, 9.17) is 21.7 Å². The summed E-state index contributed by atoms with van der Waals surface area (Å²) in [6.45, 7) is 0.973. The van der Waals surface area contributed by atoms with E-state index in [1.807, 2.05) is 36.4 Å². The molecule has 186 valence electrons. The van der Waals surface area contributed by atoms with E-state index in [-0.39, 0.29) is 0 Å². The molecule has 5 aromatic rings. The van der Waals surface area contributed by atoms with Crippen molar-refractivity contribution in [2.45, 2.75) is 25.8 Å². The number of aromatic nitrogens is 2. The standard InChI is InChI=1S/C31H29N3O2S/c1-35-24-15-11-21(12-16-24)27-20-34-29(30(37)32-23-13-17-25(36-2)18-14-23)28(22-8-4-3-5-9-22)26-10-6-7-19-33(27)31(26)34/h3-5,8-9,11-18,20H,6-7,10,19H2,1-2H3,(H,32,37). The van der Waals surface area contributed by atoms with E-state index < -0.39 is 0 Å². The molecule has 0 spiro atoms. The number of nitrogens with zero attached hydrogens (tertiary/aromatic N) is 2. The topological polar surface area (TPSA) is 39.8 Å². The van der Waals surface area contributed by atoms with Gasteiger partial charge >= 0.3 is 0 Å². The second-order valence-electron chi connectivity index (χ2n) is 9.30. The monoisotopic (exact) mass is 507 g/mol. The number of rotatable bonds is 6. The number of hydrogen-bond acceptors (Lipinski definition) is 3. The van der Waals surface area contributed by atoms with Crippen LogP contribution in [0.4, 0.5) is 5.69 Å². The van der Waals surface area contributed by atoms with Gasteiger partial charge in [-0.15, -0.1) is 0 Å². The number of methoxy groups -OCH3 is 2.